The number of piperidine rings is 1. The molecule has 8 nitrogen and oxygen atoms in total. The fourth-order valence-electron chi connectivity index (χ4n) is 4.32. The summed E-state index contributed by atoms with van der Waals surface area (Å²) >= 11 is 0. The van der Waals surface area contributed by atoms with Crippen LogP contribution in [-0.4, -0.2) is 72.1 Å². The fraction of sp³-hybridized carbons (Fsp3) is 0.375. The number of benzene rings is 2. The van der Waals surface area contributed by atoms with E-state index in [1.807, 2.05) is 40.1 Å². The first-order chi connectivity index (χ1) is 15.5. The Kier molecular flexibility index (Phi) is 6.58. The fourth-order valence-corrected chi connectivity index (χ4v) is 4.32. The number of nitrogens with zero attached hydrogens (tertiary/aromatic N) is 3. The molecule has 0 spiro atoms. The average molecular weight is 437 g/mol. The molecule has 0 aliphatic carbocycles. The molecule has 2 heterocycles. The molecular formula is C24H28N4O4. The van der Waals surface area contributed by atoms with Crippen molar-refractivity contribution in [3.05, 3.63) is 65.7 Å². The molecule has 32 heavy (non-hydrogen) atoms. The zero-order valence-corrected chi connectivity index (χ0v) is 18.2. The van der Waals surface area contributed by atoms with Gasteiger partial charge in [-0.15, -0.1) is 0 Å². The van der Waals surface area contributed by atoms with Gasteiger partial charge >= 0.3 is 18.0 Å². The quantitative estimate of drug-likeness (QED) is 0.729. The number of nitrogens with one attached hydrogen (secondary N) is 1. The van der Waals surface area contributed by atoms with E-state index < -0.39 is 5.97 Å². The summed E-state index contributed by atoms with van der Waals surface area (Å²) in [6.45, 7) is 3.24. The maximum absolute atomic E-state index is 12.9. The van der Waals surface area contributed by atoms with Crippen LogP contribution in [0.1, 0.15) is 28.8 Å². The lowest BCUT2D eigenvalue weighted by molar-refractivity contribution is 0.0600. The minimum Gasteiger partial charge on any atom is -0.465 e. The summed E-state index contributed by atoms with van der Waals surface area (Å²) in [5.41, 5.74) is 2.06. The maximum Gasteiger partial charge on any atom is 0.337 e. The molecule has 2 aliphatic rings. The third kappa shape index (κ3) is 4.85. The monoisotopic (exact) mass is 436 g/mol. The van der Waals surface area contributed by atoms with Crippen molar-refractivity contribution >= 4 is 23.7 Å². The normalized spacial score (nSPS) is 16.9. The second-order valence-corrected chi connectivity index (χ2v) is 8.10. The van der Waals surface area contributed by atoms with Crippen LogP contribution in [0.4, 0.5) is 15.3 Å². The van der Waals surface area contributed by atoms with Gasteiger partial charge in [-0.25, -0.2) is 14.4 Å². The molecule has 2 saturated heterocycles. The van der Waals surface area contributed by atoms with E-state index in [0.717, 1.165) is 31.5 Å². The zero-order valence-electron chi connectivity index (χ0n) is 18.2. The molecule has 2 aromatic carbocycles. The van der Waals surface area contributed by atoms with Crippen molar-refractivity contribution in [1.82, 2.24) is 14.7 Å². The third-order valence-electron chi connectivity index (χ3n) is 6.07. The lowest BCUT2D eigenvalue weighted by atomic mass is 10.0. The Morgan fingerprint density at radius 1 is 1.00 bits per heavy atom. The van der Waals surface area contributed by atoms with Gasteiger partial charge in [0, 0.05) is 44.5 Å². The van der Waals surface area contributed by atoms with Gasteiger partial charge in [-0.2, -0.15) is 0 Å². The number of carbonyl (C=O) groups is 3. The van der Waals surface area contributed by atoms with E-state index in [1.54, 1.807) is 29.2 Å². The predicted octanol–water partition coefficient (Wildman–Crippen LogP) is 3.41. The number of anilines is 1. The first-order valence-electron chi connectivity index (χ1n) is 10.9. The van der Waals surface area contributed by atoms with Crippen LogP contribution >= 0.6 is 0 Å². The highest BCUT2D eigenvalue weighted by Gasteiger charge is 2.36. The lowest BCUT2D eigenvalue weighted by Crippen LogP contribution is -2.49. The van der Waals surface area contributed by atoms with Gasteiger partial charge < -0.3 is 24.8 Å². The smallest absolute Gasteiger partial charge is 0.337 e. The second kappa shape index (κ2) is 9.72. The van der Waals surface area contributed by atoms with E-state index in [1.165, 1.54) is 7.11 Å². The summed E-state index contributed by atoms with van der Waals surface area (Å²) in [6.07, 6.45) is 1.50. The molecule has 4 amide bonds. The predicted molar refractivity (Wildman–Crippen MR) is 120 cm³/mol. The zero-order chi connectivity index (χ0) is 22.5. The molecule has 2 fully saturated rings. The molecule has 0 bridgehead atoms. The van der Waals surface area contributed by atoms with Crippen LogP contribution in [0.2, 0.25) is 0 Å². The van der Waals surface area contributed by atoms with E-state index in [4.69, 9.17) is 4.74 Å². The van der Waals surface area contributed by atoms with Gasteiger partial charge in [0.1, 0.15) is 0 Å². The Balaban J connectivity index is 1.28. The maximum atomic E-state index is 12.9. The van der Waals surface area contributed by atoms with Gasteiger partial charge in [-0.1, -0.05) is 36.4 Å². The van der Waals surface area contributed by atoms with E-state index in [-0.39, 0.29) is 18.1 Å². The Morgan fingerprint density at radius 2 is 1.75 bits per heavy atom. The largest absolute Gasteiger partial charge is 0.465 e. The van der Waals surface area contributed by atoms with Crippen LogP contribution in [0.5, 0.6) is 0 Å². The molecule has 0 saturated carbocycles. The van der Waals surface area contributed by atoms with Crippen LogP contribution in [0.15, 0.2) is 54.6 Å². The van der Waals surface area contributed by atoms with Crippen LogP contribution in [0, 0.1) is 0 Å². The molecule has 1 N–H and O–H groups in total. The molecule has 8 heteroatoms. The number of ether oxygens (including phenoxy) is 1. The minimum atomic E-state index is -0.446. The summed E-state index contributed by atoms with van der Waals surface area (Å²) in [7, 11) is 1.32. The first kappa shape index (κ1) is 21.7. The Labute approximate surface area is 187 Å². The topological polar surface area (TPSA) is 82.2 Å². The Morgan fingerprint density at radius 3 is 2.47 bits per heavy atom. The molecule has 4 rings (SSSR count). The van der Waals surface area contributed by atoms with Gasteiger partial charge in [0.2, 0.25) is 0 Å². The SMILES string of the molecule is COC(=O)c1cccc(NC(=O)N2CCC(N3CCN(Cc4ccccc4)C3=O)CC2)c1. The average Bonchev–Trinajstić information content (AvgIpc) is 3.19. The summed E-state index contributed by atoms with van der Waals surface area (Å²) in [5, 5.41) is 2.85. The number of rotatable bonds is 5. The lowest BCUT2D eigenvalue weighted by Gasteiger charge is -2.36. The van der Waals surface area contributed by atoms with Crippen molar-refractivity contribution in [2.45, 2.75) is 25.4 Å². The van der Waals surface area contributed by atoms with Gasteiger partial charge in [-0.05, 0) is 36.6 Å². The van der Waals surface area contributed by atoms with Crippen molar-refractivity contribution < 1.29 is 19.1 Å². The number of urea groups is 2. The molecule has 0 radical (unpaired) electrons. The van der Waals surface area contributed by atoms with Crippen LogP contribution in [-0.2, 0) is 11.3 Å². The van der Waals surface area contributed by atoms with Crippen LogP contribution < -0.4 is 5.32 Å². The van der Waals surface area contributed by atoms with Crippen molar-refractivity contribution in [2.24, 2.45) is 0 Å². The number of hydrogen-bond acceptors (Lipinski definition) is 4. The number of likely N-dealkylation sites (tertiary alicyclic amines) is 1. The highest BCUT2D eigenvalue weighted by atomic mass is 16.5. The number of hydrogen-bond donors (Lipinski definition) is 1. The minimum absolute atomic E-state index is 0.0800. The van der Waals surface area contributed by atoms with Gasteiger partial charge in [0.25, 0.3) is 0 Å². The van der Waals surface area contributed by atoms with E-state index in [2.05, 4.69) is 5.32 Å². The van der Waals surface area contributed by atoms with E-state index in [9.17, 15) is 14.4 Å². The number of methoxy groups -OCH3 is 1. The van der Waals surface area contributed by atoms with Gasteiger partial charge in [0.05, 0.1) is 12.7 Å². The molecular weight excluding hydrogens is 408 g/mol. The molecule has 2 aromatic rings. The van der Waals surface area contributed by atoms with Gasteiger partial charge in [0.15, 0.2) is 0 Å². The summed E-state index contributed by atoms with van der Waals surface area (Å²) in [4.78, 5) is 42.9. The molecule has 0 unspecified atom stereocenters. The Hall–Kier alpha value is -3.55. The third-order valence-corrected chi connectivity index (χ3v) is 6.07. The van der Waals surface area contributed by atoms with Crippen molar-refractivity contribution in [3.63, 3.8) is 0 Å². The molecule has 0 atom stereocenters. The number of esters is 1. The second-order valence-electron chi connectivity index (χ2n) is 8.10. The standard InChI is InChI=1S/C24H28N4O4/c1-32-22(29)19-8-5-9-20(16-19)25-23(30)26-12-10-21(11-13-26)28-15-14-27(24(28)31)17-18-6-3-2-4-7-18/h2-9,16,21H,10-15,17H2,1H3,(H,25,30). The highest BCUT2D eigenvalue weighted by molar-refractivity contribution is 5.94. The number of amides is 4. The summed E-state index contributed by atoms with van der Waals surface area (Å²) in [6, 6.07) is 16.7. The van der Waals surface area contributed by atoms with Gasteiger partial charge in [-0.3, -0.25) is 0 Å². The van der Waals surface area contributed by atoms with Crippen molar-refractivity contribution in [1.29, 1.82) is 0 Å². The summed E-state index contributed by atoms with van der Waals surface area (Å²) < 4.78 is 4.72. The highest BCUT2D eigenvalue weighted by Crippen LogP contribution is 2.23. The molecule has 2 aliphatic heterocycles. The summed E-state index contributed by atoms with van der Waals surface area (Å²) in [5.74, 6) is -0.446. The van der Waals surface area contributed by atoms with Crippen LogP contribution in [0.3, 0.4) is 0 Å². The van der Waals surface area contributed by atoms with Crippen molar-refractivity contribution in [2.75, 3.05) is 38.6 Å². The Bertz CT molecular complexity index is 973. The molecule has 0 aromatic heterocycles. The molecule has 168 valence electrons. The van der Waals surface area contributed by atoms with E-state index in [0.29, 0.717) is 30.9 Å². The van der Waals surface area contributed by atoms with Crippen molar-refractivity contribution in [3.8, 4) is 0 Å². The first-order valence-corrected chi connectivity index (χ1v) is 10.9. The van der Waals surface area contributed by atoms with E-state index >= 15 is 0 Å². The number of carbonyl (C=O) groups excluding carboxylic acids is 3. The van der Waals surface area contributed by atoms with Crippen LogP contribution in [0.25, 0.3) is 0 Å².